The van der Waals surface area contributed by atoms with E-state index in [1.165, 1.54) is 5.56 Å². The smallest absolute Gasteiger partial charge is 0.220 e. The van der Waals surface area contributed by atoms with Gasteiger partial charge in [-0.05, 0) is 67.3 Å². The van der Waals surface area contributed by atoms with Gasteiger partial charge in [0.25, 0.3) is 0 Å². The van der Waals surface area contributed by atoms with E-state index in [0.717, 1.165) is 35.6 Å². The van der Waals surface area contributed by atoms with E-state index in [1.54, 1.807) is 6.20 Å². The van der Waals surface area contributed by atoms with Crippen LogP contribution in [-0.4, -0.2) is 17.5 Å². The molecule has 0 atom stereocenters. The van der Waals surface area contributed by atoms with E-state index in [1.807, 2.05) is 73.7 Å². The zero-order valence-corrected chi connectivity index (χ0v) is 17.3. The number of carbonyl (C=O) groups is 1. The van der Waals surface area contributed by atoms with Crippen molar-refractivity contribution in [3.63, 3.8) is 0 Å². The summed E-state index contributed by atoms with van der Waals surface area (Å²) < 4.78 is 11.4. The van der Waals surface area contributed by atoms with Crippen LogP contribution in [0.2, 0.25) is 0 Å². The maximum Gasteiger partial charge on any atom is 0.220 e. The summed E-state index contributed by atoms with van der Waals surface area (Å²) in [6, 6.07) is 21.5. The molecule has 3 aromatic rings. The maximum atomic E-state index is 12.0. The van der Waals surface area contributed by atoms with E-state index in [9.17, 15) is 4.79 Å². The number of hydrogen-bond acceptors (Lipinski definition) is 4. The Morgan fingerprint density at radius 3 is 2.57 bits per heavy atom. The van der Waals surface area contributed by atoms with Crippen LogP contribution >= 0.6 is 0 Å². The molecule has 1 N–H and O–H groups in total. The van der Waals surface area contributed by atoms with Crippen LogP contribution in [0.3, 0.4) is 0 Å². The maximum absolute atomic E-state index is 12.0. The molecular formula is C25H28N2O3. The molecule has 0 aliphatic rings. The fourth-order valence-electron chi connectivity index (χ4n) is 2.92. The summed E-state index contributed by atoms with van der Waals surface area (Å²) in [5, 5.41) is 2.96. The molecule has 0 saturated heterocycles. The highest BCUT2D eigenvalue weighted by Gasteiger charge is 2.03. The van der Waals surface area contributed by atoms with Crippen molar-refractivity contribution in [3.05, 3.63) is 89.7 Å². The van der Waals surface area contributed by atoms with Gasteiger partial charge in [0.15, 0.2) is 0 Å². The second-order valence-electron chi connectivity index (χ2n) is 7.15. The van der Waals surface area contributed by atoms with Crippen molar-refractivity contribution in [2.75, 3.05) is 6.61 Å². The van der Waals surface area contributed by atoms with Gasteiger partial charge in [-0.15, -0.1) is 0 Å². The van der Waals surface area contributed by atoms with Crippen LogP contribution in [0, 0.1) is 6.92 Å². The summed E-state index contributed by atoms with van der Waals surface area (Å²) >= 11 is 0. The third kappa shape index (κ3) is 7.59. The third-order valence-electron chi connectivity index (χ3n) is 4.58. The van der Waals surface area contributed by atoms with Gasteiger partial charge in [0.05, 0.1) is 12.3 Å². The molecule has 0 fully saturated rings. The number of benzene rings is 2. The van der Waals surface area contributed by atoms with Crippen molar-refractivity contribution in [2.45, 2.75) is 39.3 Å². The zero-order valence-electron chi connectivity index (χ0n) is 17.3. The van der Waals surface area contributed by atoms with Crippen molar-refractivity contribution >= 4 is 5.91 Å². The summed E-state index contributed by atoms with van der Waals surface area (Å²) in [4.78, 5) is 16.3. The van der Waals surface area contributed by atoms with Crippen LogP contribution in [0.15, 0.2) is 72.9 Å². The first kappa shape index (κ1) is 21.4. The standard InChI is InChI=1S/C25H28N2O3/c1-20-7-6-9-24(17-20)29-16-5-3-10-25(28)27-18-21-11-13-23(14-12-21)30-19-22-8-2-4-15-26-22/h2,4,6-9,11-15,17H,3,5,10,16,18-19H2,1H3,(H,27,28). The van der Waals surface area contributed by atoms with Gasteiger partial charge in [0.2, 0.25) is 5.91 Å². The Morgan fingerprint density at radius 2 is 1.80 bits per heavy atom. The molecule has 5 heteroatoms. The van der Waals surface area contributed by atoms with Crippen LogP contribution in [0.4, 0.5) is 0 Å². The number of nitrogens with one attached hydrogen (secondary N) is 1. The molecular weight excluding hydrogens is 376 g/mol. The number of hydrogen-bond donors (Lipinski definition) is 1. The number of ether oxygens (including phenoxy) is 2. The van der Waals surface area contributed by atoms with Gasteiger partial charge < -0.3 is 14.8 Å². The lowest BCUT2D eigenvalue weighted by Gasteiger charge is -2.09. The topological polar surface area (TPSA) is 60.5 Å². The number of amides is 1. The predicted octanol–water partition coefficient (Wildman–Crippen LogP) is 4.83. The number of rotatable bonds is 11. The second-order valence-corrected chi connectivity index (χ2v) is 7.15. The van der Waals surface area contributed by atoms with E-state index in [4.69, 9.17) is 9.47 Å². The fourth-order valence-corrected chi connectivity index (χ4v) is 2.92. The fraction of sp³-hybridized carbons (Fsp3) is 0.280. The highest BCUT2D eigenvalue weighted by atomic mass is 16.5. The van der Waals surface area contributed by atoms with Crippen molar-refractivity contribution in [3.8, 4) is 11.5 Å². The lowest BCUT2D eigenvalue weighted by Crippen LogP contribution is -2.22. The number of carbonyl (C=O) groups excluding carboxylic acids is 1. The molecule has 0 saturated carbocycles. The number of pyridine rings is 1. The van der Waals surface area contributed by atoms with Crippen molar-refractivity contribution < 1.29 is 14.3 Å². The quantitative estimate of drug-likeness (QED) is 0.465. The first-order chi connectivity index (χ1) is 14.7. The monoisotopic (exact) mass is 404 g/mol. The summed E-state index contributed by atoms with van der Waals surface area (Å²) in [6.07, 6.45) is 3.91. The van der Waals surface area contributed by atoms with Crippen LogP contribution < -0.4 is 14.8 Å². The Hall–Kier alpha value is -3.34. The molecule has 1 amide bonds. The van der Waals surface area contributed by atoms with Crippen molar-refractivity contribution in [1.82, 2.24) is 10.3 Å². The minimum absolute atomic E-state index is 0.0565. The Labute approximate surface area is 178 Å². The summed E-state index contributed by atoms with van der Waals surface area (Å²) in [5.74, 6) is 1.72. The van der Waals surface area contributed by atoms with Crippen molar-refractivity contribution in [2.24, 2.45) is 0 Å². The van der Waals surface area contributed by atoms with Gasteiger partial charge in [-0.3, -0.25) is 9.78 Å². The van der Waals surface area contributed by atoms with Crippen LogP contribution in [0.1, 0.15) is 36.1 Å². The molecule has 2 aromatic carbocycles. The Balaban J connectivity index is 1.28. The average molecular weight is 405 g/mol. The van der Waals surface area contributed by atoms with Gasteiger partial charge in [-0.1, -0.05) is 30.3 Å². The summed E-state index contributed by atoms with van der Waals surface area (Å²) in [7, 11) is 0. The van der Waals surface area contributed by atoms with Gasteiger partial charge in [0, 0.05) is 19.2 Å². The summed E-state index contributed by atoms with van der Waals surface area (Å²) in [5.41, 5.74) is 3.11. The Morgan fingerprint density at radius 1 is 0.933 bits per heavy atom. The minimum Gasteiger partial charge on any atom is -0.494 e. The first-order valence-corrected chi connectivity index (χ1v) is 10.3. The number of aryl methyl sites for hydroxylation is 1. The SMILES string of the molecule is Cc1cccc(OCCCCC(=O)NCc2ccc(OCc3ccccn3)cc2)c1. The molecule has 0 radical (unpaired) electrons. The van der Waals surface area contributed by atoms with E-state index in [-0.39, 0.29) is 5.91 Å². The Kier molecular flexibility index (Phi) is 8.27. The van der Waals surface area contributed by atoms with Crippen LogP contribution in [0.5, 0.6) is 11.5 Å². The van der Waals surface area contributed by atoms with Gasteiger partial charge in [-0.25, -0.2) is 0 Å². The molecule has 3 rings (SSSR count). The van der Waals surface area contributed by atoms with E-state index >= 15 is 0 Å². The predicted molar refractivity (Wildman–Crippen MR) is 117 cm³/mol. The molecule has 0 aliphatic heterocycles. The average Bonchev–Trinajstić information content (AvgIpc) is 2.77. The number of unbranched alkanes of at least 4 members (excludes halogenated alkanes) is 1. The van der Waals surface area contributed by atoms with E-state index in [0.29, 0.717) is 26.2 Å². The number of aromatic nitrogens is 1. The zero-order chi connectivity index (χ0) is 21.0. The third-order valence-corrected chi connectivity index (χ3v) is 4.58. The normalized spacial score (nSPS) is 10.4. The lowest BCUT2D eigenvalue weighted by atomic mass is 10.2. The molecule has 156 valence electrons. The highest BCUT2D eigenvalue weighted by molar-refractivity contribution is 5.75. The molecule has 0 bridgehead atoms. The largest absolute Gasteiger partial charge is 0.494 e. The molecule has 0 aliphatic carbocycles. The number of nitrogens with zero attached hydrogens (tertiary/aromatic N) is 1. The van der Waals surface area contributed by atoms with E-state index < -0.39 is 0 Å². The van der Waals surface area contributed by atoms with Crippen molar-refractivity contribution in [1.29, 1.82) is 0 Å². The molecule has 5 nitrogen and oxygen atoms in total. The lowest BCUT2D eigenvalue weighted by molar-refractivity contribution is -0.121. The van der Waals surface area contributed by atoms with Crippen LogP contribution in [0.25, 0.3) is 0 Å². The van der Waals surface area contributed by atoms with Gasteiger partial charge in [-0.2, -0.15) is 0 Å². The molecule has 30 heavy (non-hydrogen) atoms. The first-order valence-electron chi connectivity index (χ1n) is 10.3. The van der Waals surface area contributed by atoms with Gasteiger partial charge >= 0.3 is 0 Å². The Bertz CT molecular complexity index is 911. The van der Waals surface area contributed by atoms with Crippen LogP contribution in [-0.2, 0) is 17.9 Å². The molecule has 1 heterocycles. The second kappa shape index (κ2) is 11.6. The summed E-state index contributed by atoms with van der Waals surface area (Å²) in [6.45, 7) is 3.61. The van der Waals surface area contributed by atoms with E-state index in [2.05, 4.69) is 10.3 Å². The minimum atomic E-state index is 0.0565. The molecule has 0 unspecified atom stereocenters. The van der Waals surface area contributed by atoms with Gasteiger partial charge in [0.1, 0.15) is 18.1 Å². The molecule has 1 aromatic heterocycles. The molecule has 0 spiro atoms. The highest BCUT2D eigenvalue weighted by Crippen LogP contribution is 2.14.